The van der Waals surface area contributed by atoms with Crippen molar-refractivity contribution in [1.82, 2.24) is 0 Å². The van der Waals surface area contributed by atoms with Gasteiger partial charge in [0.05, 0.1) is 12.7 Å². The van der Waals surface area contributed by atoms with Crippen LogP contribution in [-0.4, -0.2) is 38.2 Å². The Morgan fingerprint density at radius 1 is 1.07 bits per heavy atom. The monoisotopic (exact) mass is 412 g/mol. The smallest absolute Gasteiger partial charge is 0.303 e. The minimum Gasteiger partial charge on any atom is -0.458 e. The number of ether oxygens (including phenoxy) is 1. The molecule has 0 saturated carbocycles. The lowest BCUT2D eigenvalue weighted by Crippen LogP contribution is -2.68. The maximum atomic E-state index is 11.4. The van der Waals surface area contributed by atoms with E-state index in [9.17, 15) is 9.90 Å². The van der Waals surface area contributed by atoms with Crippen molar-refractivity contribution in [1.29, 1.82) is 0 Å². The summed E-state index contributed by atoms with van der Waals surface area (Å²) in [6, 6.07) is 20.5. The lowest BCUT2D eigenvalue weighted by atomic mass is 10.1. The Hall–Kier alpha value is -2.21. The highest BCUT2D eigenvalue weighted by Gasteiger charge is 2.51. The van der Waals surface area contributed by atoms with Crippen LogP contribution in [0.25, 0.3) is 0 Å². The van der Waals surface area contributed by atoms with E-state index in [4.69, 9.17) is 9.16 Å². The van der Waals surface area contributed by atoms with Crippen LogP contribution in [-0.2, 0) is 14.0 Å². The normalized spacial score (nSPS) is 14.1. The number of benzene rings is 2. The van der Waals surface area contributed by atoms with E-state index in [0.717, 1.165) is 10.4 Å². The Morgan fingerprint density at radius 2 is 1.55 bits per heavy atom. The van der Waals surface area contributed by atoms with Crippen molar-refractivity contribution >= 4 is 24.7 Å². The van der Waals surface area contributed by atoms with Gasteiger partial charge in [0, 0.05) is 13.3 Å². The Morgan fingerprint density at radius 3 is 1.90 bits per heavy atom. The highest BCUT2D eigenvalue weighted by Crippen LogP contribution is 2.38. The predicted octanol–water partition coefficient (Wildman–Crippen LogP) is 3.43. The number of aliphatic hydroxyl groups excluding tert-OH is 1. The molecule has 2 rings (SSSR count). The number of esters is 1. The number of rotatable bonds is 9. The van der Waals surface area contributed by atoms with E-state index in [0.29, 0.717) is 6.42 Å². The van der Waals surface area contributed by atoms with Crippen molar-refractivity contribution in [2.75, 3.05) is 6.61 Å². The number of carbonyl (C=O) groups is 1. The summed E-state index contributed by atoms with van der Waals surface area (Å²) in [5.74, 6) is -0.378. The lowest BCUT2D eigenvalue weighted by Gasteiger charge is -2.45. The quantitative estimate of drug-likeness (QED) is 0.389. The van der Waals surface area contributed by atoms with Gasteiger partial charge in [-0.1, -0.05) is 94.1 Å². The zero-order valence-corrected chi connectivity index (χ0v) is 18.8. The van der Waals surface area contributed by atoms with E-state index in [-0.39, 0.29) is 17.6 Å². The highest BCUT2D eigenvalue weighted by atomic mass is 28.4. The first-order valence-electron chi connectivity index (χ1n) is 9.94. The molecular weight excluding hydrogens is 380 g/mol. The minimum absolute atomic E-state index is 0.171. The van der Waals surface area contributed by atoms with E-state index in [1.807, 2.05) is 36.4 Å². The lowest BCUT2D eigenvalue weighted by molar-refractivity contribution is -0.145. The molecule has 0 radical (unpaired) electrons. The molecule has 1 N–H and O–H groups in total. The predicted molar refractivity (Wildman–Crippen MR) is 120 cm³/mol. The average Bonchev–Trinajstić information content (AvgIpc) is 2.70. The second-order valence-corrected chi connectivity index (χ2v) is 12.5. The van der Waals surface area contributed by atoms with Crippen LogP contribution in [0, 0.1) is 0 Å². The van der Waals surface area contributed by atoms with Gasteiger partial charge in [0.25, 0.3) is 8.32 Å². The summed E-state index contributed by atoms with van der Waals surface area (Å²) >= 11 is 0. The van der Waals surface area contributed by atoms with Gasteiger partial charge in [-0.2, -0.15) is 0 Å². The molecule has 0 saturated heterocycles. The van der Waals surface area contributed by atoms with Crippen LogP contribution in [0.4, 0.5) is 0 Å². The van der Waals surface area contributed by atoms with Gasteiger partial charge in [-0.25, -0.2) is 0 Å². The molecule has 0 aliphatic heterocycles. The van der Waals surface area contributed by atoms with Gasteiger partial charge < -0.3 is 14.3 Å². The summed E-state index contributed by atoms with van der Waals surface area (Å²) in [6.45, 7) is 11.5. The van der Waals surface area contributed by atoms with Crippen LogP contribution in [0.3, 0.4) is 0 Å². The molecule has 0 spiro atoms. The van der Waals surface area contributed by atoms with Gasteiger partial charge in [0.1, 0.15) is 6.10 Å². The minimum atomic E-state index is -2.79. The molecule has 2 aromatic rings. The first kappa shape index (κ1) is 23.1. The van der Waals surface area contributed by atoms with E-state index in [1.165, 1.54) is 6.92 Å². The molecule has 0 bridgehead atoms. The molecule has 0 aliphatic rings. The molecule has 5 heteroatoms. The van der Waals surface area contributed by atoms with Gasteiger partial charge in [-0.15, -0.1) is 0 Å². The second-order valence-electron chi connectivity index (χ2n) is 8.20. The van der Waals surface area contributed by atoms with E-state index in [1.54, 1.807) is 6.08 Å². The van der Waals surface area contributed by atoms with Gasteiger partial charge in [-0.3, -0.25) is 4.79 Å². The topological polar surface area (TPSA) is 55.8 Å². The summed E-state index contributed by atoms with van der Waals surface area (Å²) in [5.41, 5.74) is 0. The third kappa shape index (κ3) is 5.44. The van der Waals surface area contributed by atoms with Crippen molar-refractivity contribution in [2.24, 2.45) is 0 Å². The Bertz CT molecular complexity index is 744. The molecular formula is C24H32O4Si. The molecule has 2 atom stereocenters. The van der Waals surface area contributed by atoms with Crippen molar-refractivity contribution < 1.29 is 19.1 Å². The fraction of sp³-hybridized carbons (Fsp3) is 0.375. The maximum absolute atomic E-state index is 11.4. The third-order valence-corrected chi connectivity index (χ3v) is 10.1. The first-order valence-corrected chi connectivity index (χ1v) is 11.8. The van der Waals surface area contributed by atoms with Crippen molar-refractivity contribution in [2.45, 2.75) is 51.4 Å². The van der Waals surface area contributed by atoms with E-state index < -0.39 is 20.5 Å². The summed E-state index contributed by atoms with van der Waals surface area (Å²) in [5, 5.41) is 12.2. The Kier molecular flexibility index (Phi) is 7.96. The molecule has 0 fully saturated rings. The summed E-state index contributed by atoms with van der Waals surface area (Å²) in [7, 11) is -2.79. The average molecular weight is 413 g/mol. The van der Waals surface area contributed by atoms with Crippen LogP contribution >= 0.6 is 0 Å². The largest absolute Gasteiger partial charge is 0.458 e. The fourth-order valence-corrected chi connectivity index (χ4v) is 8.45. The zero-order chi connectivity index (χ0) is 21.5. The zero-order valence-electron chi connectivity index (χ0n) is 17.8. The molecule has 0 aromatic heterocycles. The molecule has 0 unspecified atom stereocenters. The fourth-order valence-electron chi connectivity index (χ4n) is 3.77. The molecule has 156 valence electrons. The Balaban J connectivity index is 2.54. The van der Waals surface area contributed by atoms with Gasteiger partial charge in [-0.05, 0) is 15.4 Å². The molecule has 4 nitrogen and oxygen atoms in total. The maximum Gasteiger partial charge on any atom is 0.303 e. The van der Waals surface area contributed by atoms with E-state index >= 15 is 0 Å². The Labute approximate surface area is 175 Å². The summed E-state index contributed by atoms with van der Waals surface area (Å²) in [6.07, 6.45) is 0.926. The standard InChI is InChI=1S/C24H32O4Si/c1-6-20(27-19(2)26)17-21(18-25)28-29(24(3,4)5,22-13-9-7-10-14-22)23-15-11-8-12-16-23/h6-16,20-21,25H,1,17-18H2,2-5H3/t20-,21+/m1/s1. The third-order valence-electron chi connectivity index (χ3n) is 5.04. The molecule has 0 amide bonds. The van der Waals surface area contributed by atoms with Crippen LogP contribution in [0.1, 0.15) is 34.1 Å². The van der Waals surface area contributed by atoms with Crippen LogP contribution in [0.15, 0.2) is 73.3 Å². The van der Waals surface area contributed by atoms with Gasteiger partial charge in [0.2, 0.25) is 0 Å². The highest BCUT2D eigenvalue weighted by molar-refractivity contribution is 6.99. The van der Waals surface area contributed by atoms with Crippen LogP contribution in [0.5, 0.6) is 0 Å². The number of hydrogen-bond donors (Lipinski definition) is 1. The number of aliphatic hydroxyl groups is 1. The van der Waals surface area contributed by atoms with Crippen LogP contribution < -0.4 is 10.4 Å². The van der Waals surface area contributed by atoms with Crippen molar-refractivity contribution in [3.63, 3.8) is 0 Å². The molecule has 29 heavy (non-hydrogen) atoms. The molecule has 0 heterocycles. The second kappa shape index (κ2) is 10.0. The van der Waals surface area contributed by atoms with Gasteiger partial charge in [0.15, 0.2) is 0 Å². The van der Waals surface area contributed by atoms with Crippen LogP contribution in [0.2, 0.25) is 5.04 Å². The van der Waals surface area contributed by atoms with Gasteiger partial charge >= 0.3 is 5.97 Å². The SMILES string of the molecule is C=C[C@H](C[C@@H](CO)O[Si](c1ccccc1)(c1ccccc1)C(C)(C)C)OC(C)=O. The number of carbonyl (C=O) groups excluding carboxylic acids is 1. The summed E-state index contributed by atoms with van der Waals surface area (Å²) in [4.78, 5) is 11.4. The molecule has 0 aliphatic carbocycles. The van der Waals surface area contributed by atoms with Crippen molar-refractivity contribution in [3.8, 4) is 0 Å². The van der Waals surface area contributed by atoms with Crippen molar-refractivity contribution in [3.05, 3.63) is 73.3 Å². The first-order chi connectivity index (χ1) is 13.7. The molecule has 2 aromatic carbocycles. The van der Waals surface area contributed by atoms with E-state index in [2.05, 4.69) is 51.6 Å². The summed E-state index contributed by atoms with van der Waals surface area (Å²) < 4.78 is 12.2. The number of hydrogen-bond acceptors (Lipinski definition) is 4.